The standard InChI is InChI=1S/C13H26N2/c1-15(11-12-5-4-6-12)10-8-13-7-2-3-9-14-13/h12-14H,2-11H2,1H3. The molecule has 1 atom stereocenters. The van der Waals surface area contributed by atoms with Crippen LogP contribution in [0.1, 0.15) is 44.9 Å². The molecule has 0 aromatic heterocycles. The molecule has 2 fully saturated rings. The van der Waals surface area contributed by atoms with Gasteiger partial charge in [0.2, 0.25) is 0 Å². The molecular weight excluding hydrogens is 184 g/mol. The van der Waals surface area contributed by atoms with Gasteiger partial charge in [-0.3, -0.25) is 0 Å². The molecule has 0 bridgehead atoms. The van der Waals surface area contributed by atoms with Gasteiger partial charge in [-0.2, -0.15) is 0 Å². The van der Waals surface area contributed by atoms with E-state index in [1.165, 1.54) is 64.6 Å². The number of piperidine rings is 1. The molecule has 0 aromatic carbocycles. The lowest BCUT2D eigenvalue weighted by Gasteiger charge is -2.31. The van der Waals surface area contributed by atoms with E-state index in [4.69, 9.17) is 0 Å². The summed E-state index contributed by atoms with van der Waals surface area (Å²) in [5.41, 5.74) is 0. The van der Waals surface area contributed by atoms with Crippen LogP contribution in [0, 0.1) is 5.92 Å². The van der Waals surface area contributed by atoms with Crippen LogP contribution in [0.3, 0.4) is 0 Å². The fourth-order valence-corrected chi connectivity index (χ4v) is 2.75. The zero-order chi connectivity index (χ0) is 10.5. The summed E-state index contributed by atoms with van der Waals surface area (Å²) in [6.07, 6.45) is 10.00. The Labute approximate surface area is 94.4 Å². The van der Waals surface area contributed by atoms with Gasteiger partial charge in [-0.15, -0.1) is 0 Å². The third-order valence-electron chi connectivity index (χ3n) is 4.07. The van der Waals surface area contributed by atoms with Crippen molar-refractivity contribution in [3.63, 3.8) is 0 Å². The van der Waals surface area contributed by atoms with Crippen LogP contribution in [0.4, 0.5) is 0 Å². The van der Waals surface area contributed by atoms with Gasteiger partial charge in [0.15, 0.2) is 0 Å². The second kappa shape index (κ2) is 5.86. The first-order valence-corrected chi connectivity index (χ1v) is 6.76. The topological polar surface area (TPSA) is 15.3 Å². The average molecular weight is 210 g/mol. The Bertz CT molecular complexity index is 171. The van der Waals surface area contributed by atoms with Crippen molar-refractivity contribution in [2.24, 2.45) is 5.92 Å². The van der Waals surface area contributed by atoms with E-state index in [9.17, 15) is 0 Å². The summed E-state index contributed by atoms with van der Waals surface area (Å²) in [5, 5.41) is 3.63. The quantitative estimate of drug-likeness (QED) is 0.749. The third-order valence-corrected chi connectivity index (χ3v) is 4.07. The molecule has 88 valence electrons. The molecule has 1 heterocycles. The summed E-state index contributed by atoms with van der Waals surface area (Å²) in [6.45, 7) is 3.87. The van der Waals surface area contributed by atoms with Gasteiger partial charge in [0.25, 0.3) is 0 Å². The molecule has 2 aliphatic rings. The Morgan fingerprint density at radius 3 is 2.60 bits per heavy atom. The molecule has 15 heavy (non-hydrogen) atoms. The SMILES string of the molecule is CN(CCC1CCCCN1)CC1CCC1. The maximum Gasteiger partial charge on any atom is 0.00792 e. The summed E-state index contributed by atoms with van der Waals surface area (Å²) in [5.74, 6) is 1.02. The third kappa shape index (κ3) is 3.76. The molecule has 2 heteroatoms. The second-order valence-electron chi connectivity index (χ2n) is 5.49. The largest absolute Gasteiger partial charge is 0.314 e. The van der Waals surface area contributed by atoms with Crippen LogP contribution in [0.25, 0.3) is 0 Å². The second-order valence-corrected chi connectivity index (χ2v) is 5.49. The van der Waals surface area contributed by atoms with Crippen LogP contribution in [-0.4, -0.2) is 37.6 Å². The predicted octanol–water partition coefficient (Wildman–Crippen LogP) is 2.25. The van der Waals surface area contributed by atoms with Crippen LogP contribution < -0.4 is 5.32 Å². The van der Waals surface area contributed by atoms with Crippen molar-refractivity contribution in [2.45, 2.75) is 51.0 Å². The minimum absolute atomic E-state index is 0.808. The van der Waals surface area contributed by atoms with Gasteiger partial charge in [-0.05, 0) is 58.2 Å². The van der Waals surface area contributed by atoms with E-state index in [-0.39, 0.29) is 0 Å². The van der Waals surface area contributed by atoms with E-state index < -0.39 is 0 Å². The normalized spacial score (nSPS) is 28.0. The average Bonchev–Trinajstić information content (AvgIpc) is 2.22. The molecule has 0 amide bonds. The fourth-order valence-electron chi connectivity index (χ4n) is 2.75. The van der Waals surface area contributed by atoms with Crippen molar-refractivity contribution in [1.29, 1.82) is 0 Å². The van der Waals surface area contributed by atoms with Crippen molar-refractivity contribution >= 4 is 0 Å². The molecule has 1 saturated heterocycles. The van der Waals surface area contributed by atoms with Gasteiger partial charge in [-0.25, -0.2) is 0 Å². The number of nitrogens with zero attached hydrogens (tertiary/aromatic N) is 1. The van der Waals surface area contributed by atoms with Crippen molar-refractivity contribution in [3.8, 4) is 0 Å². The predicted molar refractivity (Wildman–Crippen MR) is 65.1 cm³/mol. The maximum absolute atomic E-state index is 3.63. The molecule has 2 rings (SSSR count). The fraction of sp³-hybridized carbons (Fsp3) is 1.00. The number of hydrogen-bond donors (Lipinski definition) is 1. The Balaban J connectivity index is 1.55. The highest BCUT2D eigenvalue weighted by atomic mass is 15.1. The minimum Gasteiger partial charge on any atom is -0.314 e. The highest BCUT2D eigenvalue weighted by Gasteiger charge is 2.19. The van der Waals surface area contributed by atoms with Crippen molar-refractivity contribution in [2.75, 3.05) is 26.7 Å². The Morgan fingerprint density at radius 1 is 1.13 bits per heavy atom. The van der Waals surface area contributed by atoms with Gasteiger partial charge in [-0.1, -0.05) is 12.8 Å². The van der Waals surface area contributed by atoms with Gasteiger partial charge >= 0.3 is 0 Å². The molecule has 0 aromatic rings. The maximum atomic E-state index is 3.63. The Hall–Kier alpha value is -0.0800. The lowest BCUT2D eigenvalue weighted by Crippen LogP contribution is -2.38. The van der Waals surface area contributed by atoms with Gasteiger partial charge in [0.1, 0.15) is 0 Å². The van der Waals surface area contributed by atoms with E-state index in [0.717, 1.165) is 12.0 Å². The molecule has 1 aliphatic carbocycles. The Morgan fingerprint density at radius 2 is 2.00 bits per heavy atom. The highest BCUT2D eigenvalue weighted by Crippen LogP contribution is 2.26. The van der Waals surface area contributed by atoms with Crippen molar-refractivity contribution in [3.05, 3.63) is 0 Å². The van der Waals surface area contributed by atoms with Crippen LogP contribution in [0.15, 0.2) is 0 Å². The smallest absolute Gasteiger partial charge is 0.00792 e. The summed E-state index contributed by atoms with van der Waals surface area (Å²) < 4.78 is 0. The molecule has 1 N–H and O–H groups in total. The van der Waals surface area contributed by atoms with Crippen molar-refractivity contribution in [1.82, 2.24) is 10.2 Å². The van der Waals surface area contributed by atoms with E-state index in [0.29, 0.717) is 0 Å². The lowest BCUT2D eigenvalue weighted by atomic mass is 9.85. The molecule has 0 spiro atoms. The summed E-state index contributed by atoms with van der Waals surface area (Å²) in [6, 6.07) is 0.808. The van der Waals surface area contributed by atoms with Crippen molar-refractivity contribution < 1.29 is 0 Å². The van der Waals surface area contributed by atoms with E-state index in [1.807, 2.05) is 0 Å². The highest BCUT2D eigenvalue weighted by molar-refractivity contribution is 4.76. The van der Waals surface area contributed by atoms with Crippen LogP contribution >= 0.6 is 0 Å². The zero-order valence-electron chi connectivity index (χ0n) is 10.2. The Kier molecular flexibility index (Phi) is 4.45. The summed E-state index contributed by atoms with van der Waals surface area (Å²) >= 11 is 0. The van der Waals surface area contributed by atoms with Crippen LogP contribution in [0.2, 0.25) is 0 Å². The van der Waals surface area contributed by atoms with Crippen LogP contribution in [0.5, 0.6) is 0 Å². The number of rotatable bonds is 5. The molecule has 0 radical (unpaired) electrons. The molecule has 1 saturated carbocycles. The van der Waals surface area contributed by atoms with Gasteiger partial charge in [0.05, 0.1) is 0 Å². The molecular formula is C13H26N2. The molecule has 1 unspecified atom stereocenters. The summed E-state index contributed by atoms with van der Waals surface area (Å²) in [7, 11) is 2.29. The molecule has 1 aliphatic heterocycles. The molecule has 2 nitrogen and oxygen atoms in total. The zero-order valence-corrected chi connectivity index (χ0v) is 10.2. The lowest BCUT2D eigenvalue weighted by molar-refractivity contribution is 0.196. The van der Waals surface area contributed by atoms with E-state index in [2.05, 4.69) is 17.3 Å². The van der Waals surface area contributed by atoms with E-state index >= 15 is 0 Å². The first kappa shape index (κ1) is 11.4. The summed E-state index contributed by atoms with van der Waals surface area (Å²) in [4.78, 5) is 2.54. The minimum atomic E-state index is 0.808. The van der Waals surface area contributed by atoms with Gasteiger partial charge in [0, 0.05) is 12.6 Å². The first-order valence-electron chi connectivity index (χ1n) is 6.76. The number of nitrogens with one attached hydrogen (secondary N) is 1. The van der Waals surface area contributed by atoms with Crippen LogP contribution in [-0.2, 0) is 0 Å². The first-order chi connectivity index (χ1) is 7.34. The number of hydrogen-bond acceptors (Lipinski definition) is 2. The monoisotopic (exact) mass is 210 g/mol. The van der Waals surface area contributed by atoms with E-state index in [1.54, 1.807) is 0 Å². The van der Waals surface area contributed by atoms with Gasteiger partial charge < -0.3 is 10.2 Å².